The molecule has 0 amide bonds. The van der Waals surface area contributed by atoms with E-state index < -0.39 is 10.2 Å². The molecule has 2 N–H and O–H groups in total. The summed E-state index contributed by atoms with van der Waals surface area (Å²) in [4.78, 5) is 0. The molecule has 1 aromatic rings. The molecule has 0 radical (unpaired) electrons. The third-order valence-corrected chi connectivity index (χ3v) is 6.72. The van der Waals surface area contributed by atoms with Gasteiger partial charge in [-0.2, -0.15) is 17.0 Å². The minimum Gasteiger partial charge on any atom is -0.330 e. The molecule has 2 aliphatic rings. The van der Waals surface area contributed by atoms with Crippen LogP contribution in [0.4, 0.5) is 0 Å². The molecule has 1 fully saturated rings. The first kappa shape index (κ1) is 17.7. The van der Waals surface area contributed by atoms with Crippen molar-refractivity contribution in [2.45, 2.75) is 32.4 Å². The number of halogens is 1. The first-order valence-corrected chi connectivity index (χ1v) is 8.96. The average molecular weight is 346 g/mol. The third kappa shape index (κ3) is 3.16. The van der Waals surface area contributed by atoms with E-state index in [9.17, 15) is 8.42 Å². The number of hydrogen-bond donors (Lipinski definition) is 1. The van der Waals surface area contributed by atoms with E-state index in [2.05, 4.69) is 6.07 Å². The Balaban J connectivity index is 0.00000176. The van der Waals surface area contributed by atoms with E-state index in [4.69, 9.17) is 5.73 Å². The summed E-state index contributed by atoms with van der Waals surface area (Å²) >= 11 is 0. The van der Waals surface area contributed by atoms with Gasteiger partial charge >= 0.3 is 0 Å². The lowest BCUT2D eigenvalue weighted by molar-refractivity contribution is 0.319. The van der Waals surface area contributed by atoms with Crippen molar-refractivity contribution in [3.8, 4) is 0 Å². The van der Waals surface area contributed by atoms with Crippen molar-refractivity contribution in [1.29, 1.82) is 0 Å². The fraction of sp³-hybridized carbons (Fsp3) is 0.600. The molecule has 1 saturated heterocycles. The number of nitrogens with zero attached hydrogens (tertiary/aromatic N) is 2. The zero-order valence-corrected chi connectivity index (χ0v) is 14.4. The second-order valence-electron chi connectivity index (χ2n) is 6.12. The van der Waals surface area contributed by atoms with E-state index in [0.717, 1.165) is 18.4 Å². The smallest absolute Gasteiger partial charge is 0.282 e. The summed E-state index contributed by atoms with van der Waals surface area (Å²) in [6.07, 6.45) is 1.65. The minimum absolute atomic E-state index is 0. The van der Waals surface area contributed by atoms with Crippen LogP contribution in [-0.2, 0) is 23.2 Å². The Morgan fingerprint density at radius 2 is 1.95 bits per heavy atom. The fourth-order valence-corrected chi connectivity index (χ4v) is 5.28. The van der Waals surface area contributed by atoms with Crippen LogP contribution in [0.3, 0.4) is 0 Å². The zero-order chi connectivity index (χ0) is 15.0. The summed E-state index contributed by atoms with van der Waals surface area (Å²) in [5.41, 5.74) is 8.09. The number of benzene rings is 1. The van der Waals surface area contributed by atoms with Gasteiger partial charge in [-0.3, -0.25) is 0 Å². The van der Waals surface area contributed by atoms with Gasteiger partial charge < -0.3 is 5.73 Å². The highest BCUT2D eigenvalue weighted by Crippen LogP contribution is 2.29. The van der Waals surface area contributed by atoms with E-state index in [0.29, 0.717) is 26.2 Å². The number of rotatable bonds is 3. The largest absolute Gasteiger partial charge is 0.330 e. The molecule has 1 aromatic carbocycles. The molecule has 7 heteroatoms. The Labute approximate surface area is 139 Å². The van der Waals surface area contributed by atoms with Crippen LogP contribution < -0.4 is 5.73 Å². The minimum atomic E-state index is -3.39. The number of nitrogens with two attached hydrogens (primary N) is 1. The van der Waals surface area contributed by atoms with Crippen LogP contribution in [-0.4, -0.2) is 42.7 Å². The van der Waals surface area contributed by atoms with Crippen molar-refractivity contribution in [2.24, 2.45) is 11.7 Å². The van der Waals surface area contributed by atoms with Crippen LogP contribution in [0.2, 0.25) is 0 Å². The van der Waals surface area contributed by atoms with Crippen molar-refractivity contribution >= 4 is 22.6 Å². The van der Waals surface area contributed by atoms with Crippen LogP contribution in [0.25, 0.3) is 0 Å². The summed E-state index contributed by atoms with van der Waals surface area (Å²) in [5.74, 6) is 0.284. The molecule has 0 bridgehead atoms. The van der Waals surface area contributed by atoms with Gasteiger partial charge in [-0.15, -0.1) is 12.4 Å². The Morgan fingerprint density at radius 3 is 2.59 bits per heavy atom. The maximum atomic E-state index is 12.9. The Hall–Kier alpha value is -0.660. The molecule has 2 atom stereocenters. The van der Waals surface area contributed by atoms with Crippen LogP contribution in [0.15, 0.2) is 24.3 Å². The fourth-order valence-electron chi connectivity index (χ4n) is 3.42. The highest BCUT2D eigenvalue weighted by Gasteiger charge is 2.40. The molecule has 124 valence electrons. The van der Waals surface area contributed by atoms with Gasteiger partial charge in [0.2, 0.25) is 0 Å². The van der Waals surface area contributed by atoms with E-state index >= 15 is 0 Å². The predicted molar refractivity (Wildman–Crippen MR) is 90.1 cm³/mol. The number of fused-ring (bicyclic) bond motifs is 1. The quantitative estimate of drug-likeness (QED) is 0.900. The SMILES string of the molecule is CC1CC(CN)CN1S(=O)(=O)N1CCc2ccccc2C1.Cl. The molecule has 0 aromatic heterocycles. The van der Waals surface area contributed by atoms with Crippen molar-refractivity contribution in [2.75, 3.05) is 19.6 Å². The van der Waals surface area contributed by atoms with Gasteiger partial charge in [0.1, 0.15) is 0 Å². The molecule has 0 spiro atoms. The summed E-state index contributed by atoms with van der Waals surface area (Å²) in [6, 6.07) is 8.13. The molecule has 22 heavy (non-hydrogen) atoms. The van der Waals surface area contributed by atoms with Crippen LogP contribution in [0.1, 0.15) is 24.5 Å². The van der Waals surface area contributed by atoms with Crippen LogP contribution in [0, 0.1) is 5.92 Å². The normalized spacial score (nSPS) is 26.5. The molecular formula is C15H24ClN3O2S. The first-order chi connectivity index (χ1) is 10.0. The summed E-state index contributed by atoms with van der Waals surface area (Å²) in [7, 11) is -3.39. The summed E-state index contributed by atoms with van der Waals surface area (Å²) in [5, 5.41) is 0. The second-order valence-corrected chi connectivity index (χ2v) is 8.00. The highest BCUT2D eigenvalue weighted by atomic mass is 35.5. The highest BCUT2D eigenvalue weighted by molar-refractivity contribution is 7.86. The lowest BCUT2D eigenvalue weighted by Crippen LogP contribution is -2.47. The Bertz CT molecular complexity index is 623. The van der Waals surface area contributed by atoms with Crippen LogP contribution in [0.5, 0.6) is 0 Å². The van der Waals surface area contributed by atoms with Crippen molar-refractivity contribution in [3.05, 3.63) is 35.4 Å². The molecular weight excluding hydrogens is 322 g/mol. The van der Waals surface area contributed by atoms with Gasteiger partial charge in [0.15, 0.2) is 0 Å². The van der Waals surface area contributed by atoms with E-state index in [1.165, 1.54) is 5.56 Å². The summed E-state index contributed by atoms with van der Waals surface area (Å²) in [6.45, 7) is 4.13. The third-order valence-electron chi connectivity index (χ3n) is 4.66. The standard InChI is InChI=1S/C15H23N3O2S.ClH/c1-12-8-13(9-16)10-18(12)21(19,20)17-7-6-14-4-2-3-5-15(14)11-17;/h2-5,12-13H,6-11,16H2,1H3;1H. The molecule has 2 aliphatic heterocycles. The molecule has 0 aliphatic carbocycles. The second kappa shape index (κ2) is 6.84. The zero-order valence-electron chi connectivity index (χ0n) is 12.8. The monoisotopic (exact) mass is 345 g/mol. The molecule has 5 nitrogen and oxygen atoms in total. The first-order valence-electron chi connectivity index (χ1n) is 7.56. The van der Waals surface area contributed by atoms with Crippen molar-refractivity contribution in [1.82, 2.24) is 8.61 Å². The maximum absolute atomic E-state index is 12.9. The van der Waals surface area contributed by atoms with Gasteiger partial charge in [0, 0.05) is 25.7 Å². The van der Waals surface area contributed by atoms with Gasteiger partial charge in [0.05, 0.1) is 0 Å². The van der Waals surface area contributed by atoms with Crippen molar-refractivity contribution < 1.29 is 8.42 Å². The Morgan fingerprint density at radius 1 is 1.27 bits per heavy atom. The maximum Gasteiger partial charge on any atom is 0.282 e. The van der Waals surface area contributed by atoms with E-state index in [-0.39, 0.29) is 24.4 Å². The molecule has 2 heterocycles. The lowest BCUT2D eigenvalue weighted by atomic mass is 10.0. The molecule has 0 saturated carbocycles. The summed E-state index contributed by atoms with van der Waals surface area (Å²) < 4.78 is 29.0. The van der Waals surface area contributed by atoms with Crippen molar-refractivity contribution in [3.63, 3.8) is 0 Å². The van der Waals surface area contributed by atoms with Gasteiger partial charge in [-0.25, -0.2) is 0 Å². The lowest BCUT2D eigenvalue weighted by Gasteiger charge is -2.33. The number of hydrogen-bond acceptors (Lipinski definition) is 3. The van der Waals surface area contributed by atoms with E-state index in [1.807, 2.05) is 25.1 Å². The van der Waals surface area contributed by atoms with Crippen LogP contribution >= 0.6 is 12.4 Å². The Kier molecular flexibility index (Phi) is 5.50. The average Bonchev–Trinajstić information content (AvgIpc) is 2.88. The van der Waals surface area contributed by atoms with Gasteiger partial charge in [-0.1, -0.05) is 24.3 Å². The predicted octanol–water partition coefficient (Wildman–Crippen LogP) is 1.38. The van der Waals surface area contributed by atoms with E-state index in [1.54, 1.807) is 8.61 Å². The topological polar surface area (TPSA) is 66.6 Å². The molecule has 2 unspecified atom stereocenters. The molecule has 3 rings (SSSR count). The van der Waals surface area contributed by atoms with Gasteiger partial charge in [-0.05, 0) is 43.4 Å². The van der Waals surface area contributed by atoms with Gasteiger partial charge in [0.25, 0.3) is 10.2 Å².